The number of nitrogens with zero attached hydrogens (tertiary/aromatic N) is 2. The predicted octanol–water partition coefficient (Wildman–Crippen LogP) is 4.86. The van der Waals surface area contributed by atoms with Crippen LogP contribution in [-0.2, 0) is 14.4 Å². The highest BCUT2D eigenvalue weighted by molar-refractivity contribution is 7.98. The van der Waals surface area contributed by atoms with Crippen molar-refractivity contribution < 1.29 is 19.2 Å². The van der Waals surface area contributed by atoms with Crippen molar-refractivity contribution in [2.24, 2.45) is 5.92 Å². The number of para-hydroxylation sites is 1. The van der Waals surface area contributed by atoms with Gasteiger partial charge < -0.3 is 4.74 Å². The molecular weight excluding hydrogens is 436 g/mol. The number of amides is 2. The van der Waals surface area contributed by atoms with Gasteiger partial charge in [0.05, 0.1) is 24.0 Å². The largest absolute Gasteiger partial charge is 0.494 e. The number of fused-ring (bicyclic) bond motifs is 1. The van der Waals surface area contributed by atoms with Crippen molar-refractivity contribution >= 4 is 35.0 Å². The van der Waals surface area contributed by atoms with Crippen LogP contribution in [0.2, 0.25) is 0 Å². The van der Waals surface area contributed by atoms with E-state index in [0.717, 1.165) is 16.1 Å². The fourth-order valence-electron chi connectivity index (χ4n) is 4.47. The number of thioether (sulfide) groups is 1. The first-order valence-electron chi connectivity index (χ1n) is 10.9. The molecule has 5 rings (SSSR count). The number of hydrogen-bond acceptors (Lipinski definition) is 6. The second-order valence-corrected chi connectivity index (χ2v) is 8.75. The SMILES string of the molecule is CCOc1ccc(N2C(=O)[C@H]3[C@H](ON(c4ccccc4)[C@H]3c3ccc(SC)cc3)C2=O)cc1. The summed E-state index contributed by atoms with van der Waals surface area (Å²) >= 11 is 1.66. The molecule has 168 valence electrons. The Labute approximate surface area is 197 Å². The minimum Gasteiger partial charge on any atom is -0.494 e. The van der Waals surface area contributed by atoms with E-state index in [4.69, 9.17) is 9.57 Å². The van der Waals surface area contributed by atoms with Crippen LogP contribution in [0.3, 0.4) is 0 Å². The van der Waals surface area contributed by atoms with Crippen molar-refractivity contribution in [1.82, 2.24) is 0 Å². The average Bonchev–Trinajstić information content (AvgIpc) is 3.36. The van der Waals surface area contributed by atoms with Crippen molar-refractivity contribution in [2.75, 3.05) is 22.8 Å². The number of hydroxylamine groups is 1. The first kappa shape index (κ1) is 21.6. The second-order valence-electron chi connectivity index (χ2n) is 7.87. The molecule has 0 bridgehead atoms. The van der Waals surface area contributed by atoms with E-state index in [0.29, 0.717) is 18.0 Å². The van der Waals surface area contributed by atoms with E-state index in [1.165, 1.54) is 4.90 Å². The third-order valence-corrected chi connectivity index (χ3v) is 6.73. The molecule has 3 aromatic rings. The van der Waals surface area contributed by atoms with Gasteiger partial charge in [0.1, 0.15) is 11.7 Å². The molecule has 0 unspecified atom stereocenters. The van der Waals surface area contributed by atoms with Crippen LogP contribution in [0.15, 0.2) is 83.8 Å². The van der Waals surface area contributed by atoms with E-state index in [1.54, 1.807) is 41.1 Å². The van der Waals surface area contributed by atoms with E-state index in [1.807, 2.05) is 67.8 Å². The first-order valence-corrected chi connectivity index (χ1v) is 12.1. The minimum absolute atomic E-state index is 0.258. The standard InChI is InChI=1S/C26H24N2O4S/c1-3-31-20-13-11-18(12-14-20)27-25(29)22-23(17-9-15-21(33-2)16-10-17)28(32-24(22)26(27)30)19-7-5-4-6-8-19/h4-16,22-24H,3H2,1-2H3/t22-,23+,24+/m1/s1. The highest BCUT2D eigenvalue weighted by atomic mass is 32.2. The normalized spacial score (nSPS) is 22.1. The molecule has 0 aromatic heterocycles. The van der Waals surface area contributed by atoms with Gasteiger partial charge >= 0.3 is 0 Å². The number of imide groups is 1. The minimum atomic E-state index is -0.880. The molecule has 6 nitrogen and oxygen atoms in total. The lowest BCUT2D eigenvalue weighted by Crippen LogP contribution is -2.37. The molecule has 0 aliphatic carbocycles. The van der Waals surface area contributed by atoms with Crippen LogP contribution in [0.25, 0.3) is 0 Å². The third kappa shape index (κ3) is 3.77. The van der Waals surface area contributed by atoms with Gasteiger partial charge in [0.15, 0.2) is 6.10 Å². The lowest BCUT2D eigenvalue weighted by Gasteiger charge is -2.28. The molecule has 3 atom stereocenters. The second kappa shape index (κ2) is 8.92. The van der Waals surface area contributed by atoms with Crippen LogP contribution in [0.4, 0.5) is 11.4 Å². The zero-order valence-corrected chi connectivity index (χ0v) is 19.2. The topological polar surface area (TPSA) is 59.1 Å². The average molecular weight is 461 g/mol. The van der Waals surface area contributed by atoms with Gasteiger partial charge in [0, 0.05) is 4.90 Å². The van der Waals surface area contributed by atoms with Crippen molar-refractivity contribution in [3.8, 4) is 5.75 Å². The number of anilines is 2. The third-order valence-electron chi connectivity index (χ3n) is 5.99. The van der Waals surface area contributed by atoms with Crippen LogP contribution in [0.5, 0.6) is 5.75 Å². The summed E-state index contributed by atoms with van der Waals surface area (Å²) in [5, 5.41) is 1.72. The molecule has 2 amide bonds. The number of benzene rings is 3. The van der Waals surface area contributed by atoms with Gasteiger partial charge in [-0.15, -0.1) is 11.8 Å². The van der Waals surface area contributed by atoms with E-state index in [2.05, 4.69) is 0 Å². The first-order chi connectivity index (χ1) is 16.1. The Morgan fingerprint density at radius 1 is 0.879 bits per heavy atom. The Morgan fingerprint density at radius 3 is 2.21 bits per heavy atom. The summed E-state index contributed by atoms with van der Waals surface area (Å²) < 4.78 is 5.49. The van der Waals surface area contributed by atoms with E-state index >= 15 is 0 Å². The Morgan fingerprint density at radius 2 is 1.58 bits per heavy atom. The number of rotatable bonds is 6. The maximum atomic E-state index is 13.7. The molecular formula is C26H24N2O4S. The highest BCUT2D eigenvalue weighted by Gasteiger charge is 2.60. The number of carbonyl (C=O) groups is 2. The molecule has 0 spiro atoms. The van der Waals surface area contributed by atoms with Crippen molar-refractivity contribution in [2.45, 2.75) is 24.0 Å². The Balaban J connectivity index is 1.52. The van der Waals surface area contributed by atoms with Crippen molar-refractivity contribution in [3.05, 3.63) is 84.4 Å². The smallest absolute Gasteiger partial charge is 0.266 e. The van der Waals surface area contributed by atoms with Gasteiger partial charge in [-0.3, -0.25) is 14.4 Å². The molecule has 33 heavy (non-hydrogen) atoms. The van der Waals surface area contributed by atoms with E-state index in [-0.39, 0.29) is 11.8 Å². The Kier molecular flexibility index (Phi) is 5.83. The molecule has 2 aliphatic rings. The van der Waals surface area contributed by atoms with Crippen molar-refractivity contribution in [1.29, 1.82) is 0 Å². The quantitative estimate of drug-likeness (QED) is 0.387. The highest BCUT2D eigenvalue weighted by Crippen LogP contribution is 2.47. The monoisotopic (exact) mass is 460 g/mol. The van der Waals surface area contributed by atoms with Gasteiger partial charge in [-0.05, 0) is 67.3 Å². The Bertz CT molecular complexity index is 1150. The molecule has 0 N–H and O–H groups in total. The summed E-state index contributed by atoms with van der Waals surface area (Å²) in [5.74, 6) is -0.562. The summed E-state index contributed by atoms with van der Waals surface area (Å²) in [6, 6.07) is 24.3. The predicted molar refractivity (Wildman–Crippen MR) is 128 cm³/mol. The van der Waals surface area contributed by atoms with E-state index in [9.17, 15) is 9.59 Å². The lowest BCUT2D eigenvalue weighted by atomic mass is 9.90. The lowest BCUT2D eigenvalue weighted by molar-refractivity contribution is -0.126. The van der Waals surface area contributed by atoms with E-state index < -0.39 is 18.1 Å². The summed E-state index contributed by atoms with van der Waals surface area (Å²) in [6.45, 7) is 2.45. The van der Waals surface area contributed by atoms with Gasteiger partial charge in [0.2, 0.25) is 5.91 Å². The molecule has 0 saturated carbocycles. The maximum Gasteiger partial charge on any atom is 0.266 e. The van der Waals surface area contributed by atoms with Crippen LogP contribution >= 0.6 is 11.8 Å². The zero-order valence-electron chi connectivity index (χ0n) is 18.4. The van der Waals surface area contributed by atoms with Crippen LogP contribution in [0.1, 0.15) is 18.5 Å². The molecule has 2 fully saturated rings. The molecule has 0 radical (unpaired) electrons. The van der Waals surface area contributed by atoms with Crippen LogP contribution < -0.4 is 14.7 Å². The number of ether oxygens (including phenoxy) is 1. The fourth-order valence-corrected chi connectivity index (χ4v) is 4.87. The van der Waals surface area contributed by atoms with Crippen LogP contribution in [-0.4, -0.2) is 30.8 Å². The zero-order chi connectivity index (χ0) is 22.9. The summed E-state index contributed by atoms with van der Waals surface area (Å²) in [5.41, 5.74) is 2.26. The van der Waals surface area contributed by atoms with Crippen LogP contribution in [0, 0.1) is 5.92 Å². The summed E-state index contributed by atoms with van der Waals surface area (Å²) in [6.07, 6.45) is 1.14. The van der Waals surface area contributed by atoms with Gasteiger partial charge in [-0.25, -0.2) is 9.96 Å². The number of carbonyl (C=O) groups excluding carboxylic acids is 2. The number of hydrogen-bond donors (Lipinski definition) is 0. The molecule has 2 heterocycles. The molecule has 3 aromatic carbocycles. The summed E-state index contributed by atoms with van der Waals surface area (Å²) in [4.78, 5) is 35.6. The fraction of sp³-hybridized carbons (Fsp3) is 0.231. The molecule has 2 aliphatic heterocycles. The van der Waals surface area contributed by atoms with Gasteiger partial charge in [-0.2, -0.15) is 0 Å². The van der Waals surface area contributed by atoms with Crippen molar-refractivity contribution in [3.63, 3.8) is 0 Å². The Hall–Kier alpha value is -3.29. The summed E-state index contributed by atoms with van der Waals surface area (Å²) in [7, 11) is 0. The molecule has 7 heteroatoms. The molecule has 2 saturated heterocycles. The van der Waals surface area contributed by atoms with Gasteiger partial charge in [-0.1, -0.05) is 30.3 Å². The maximum absolute atomic E-state index is 13.7. The van der Waals surface area contributed by atoms with Gasteiger partial charge in [0.25, 0.3) is 5.91 Å².